The standard InChI is InChI=1S/C29H32F4N4O/c1-4-18(2)26(34)22-17-37(28(9-10-28)19-5-7-20(8-6-19)29(31,32)33)24-16-25(23(30)15-21(24)27(22)38)36-13-11-35(3)12-14-36/h5-8,15-17H,4,9-14,34H2,1-3H3. The summed E-state index contributed by atoms with van der Waals surface area (Å²) in [5.74, 6) is -0.475. The summed E-state index contributed by atoms with van der Waals surface area (Å²) in [4.78, 5) is 17.8. The number of rotatable bonds is 5. The van der Waals surface area contributed by atoms with E-state index in [1.54, 1.807) is 12.3 Å². The first-order valence-electron chi connectivity index (χ1n) is 12.9. The molecular formula is C29H32F4N4O. The number of allylic oxidation sites excluding steroid dienone is 1. The van der Waals surface area contributed by atoms with E-state index >= 15 is 4.39 Å². The SMILES string of the molecule is CCC(C)=C(N)c1cn(C2(c3ccc(C(F)(F)F)cc3)CC2)c2cc(N3CCN(C)CC3)c(F)cc2c1=O. The Morgan fingerprint density at radius 2 is 1.68 bits per heavy atom. The number of alkyl halides is 3. The molecule has 202 valence electrons. The molecule has 0 bridgehead atoms. The molecule has 0 radical (unpaired) electrons. The van der Waals surface area contributed by atoms with Crippen molar-refractivity contribution in [3.8, 4) is 0 Å². The minimum Gasteiger partial charge on any atom is -0.398 e. The summed E-state index contributed by atoms with van der Waals surface area (Å²) in [5, 5.41) is 0.211. The van der Waals surface area contributed by atoms with Crippen molar-refractivity contribution in [2.75, 3.05) is 38.1 Å². The summed E-state index contributed by atoms with van der Waals surface area (Å²) < 4.78 is 57.2. The van der Waals surface area contributed by atoms with E-state index in [9.17, 15) is 18.0 Å². The molecule has 0 atom stereocenters. The number of aromatic nitrogens is 1. The van der Waals surface area contributed by atoms with Gasteiger partial charge in [-0.05, 0) is 68.6 Å². The van der Waals surface area contributed by atoms with Crippen LogP contribution in [0.3, 0.4) is 0 Å². The number of pyridine rings is 1. The van der Waals surface area contributed by atoms with Crippen molar-refractivity contribution in [1.82, 2.24) is 9.47 Å². The zero-order valence-electron chi connectivity index (χ0n) is 21.8. The lowest BCUT2D eigenvalue weighted by Crippen LogP contribution is -2.44. The van der Waals surface area contributed by atoms with E-state index < -0.39 is 23.1 Å². The largest absolute Gasteiger partial charge is 0.416 e. The highest BCUT2D eigenvalue weighted by Gasteiger charge is 2.47. The number of nitrogens with two attached hydrogens (primary N) is 1. The molecule has 2 aromatic carbocycles. The highest BCUT2D eigenvalue weighted by atomic mass is 19.4. The first kappa shape index (κ1) is 26.3. The number of fused-ring (bicyclic) bond motifs is 1. The lowest BCUT2D eigenvalue weighted by molar-refractivity contribution is -0.137. The Bertz CT molecular complexity index is 1460. The van der Waals surface area contributed by atoms with E-state index in [0.29, 0.717) is 54.8 Å². The summed E-state index contributed by atoms with van der Waals surface area (Å²) in [6, 6.07) is 8.19. The lowest BCUT2D eigenvalue weighted by Gasteiger charge is -2.34. The smallest absolute Gasteiger partial charge is 0.398 e. The first-order chi connectivity index (χ1) is 18.0. The number of hydrogen-bond acceptors (Lipinski definition) is 4. The molecule has 9 heteroatoms. The van der Waals surface area contributed by atoms with Gasteiger partial charge in [0.2, 0.25) is 0 Å². The van der Waals surface area contributed by atoms with E-state index in [-0.39, 0.29) is 16.4 Å². The van der Waals surface area contributed by atoms with Crippen molar-refractivity contribution in [3.05, 3.63) is 80.9 Å². The second-order valence-electron chi connectivity index (χ2n) is 10.5. The monoisotopic (exact) mass is 528 g/mol. The Labute approximate surface area is 219 Å². The molecule has 1 aliphatic heterocycles. The van der Waals surface area contributed by atoms with Crippen LogP contribution in [0.4, 0.5) is 23.2 Å². The number of anilines is 1. The maximum Gasteiger partial charge on any atom is 0.416 e. The van der Waals surface area contributed by atoms with Crippen molar-refractivity contribution >= 4 is 22.3 Å². The zero-order chi connectivity index (χ0) is 27.4. The number of benzene rings is 2. The van der Waals surface area contributed by atoms with Crippen LogP contribution >= 0.6 is 0 Å². The quantitative estimate of drug-likeness (QED) is 0.442. The minimum atomic E-state index is -4.43. The highest BCUT2D eigenvalue weighted by molar-refractivity contribution is 5.87. The zero-order valence-corrected chi connectivity index (χ0v) is 21.8. The molecule has 2 heterocycles. The average molecular weight is 529 g/mol. The summed E-state index contributed by atoms with van der Waals surface area (Å²) in [6.07, 6.45) is -0.724. The Morgan fingerprint density at radius 3 is 2.24 bits per heavy atom. The summed E-state index contributed by atoms with van der Waals surface area (Å²) in [6.45, 7) is 6.66. The second kappa shape index (κ2) is 9.45. The van der Waals surface area contributed by atoms with E-state index in [1.165, 1.54) is 18.2 Å². The van der Waals surface area contributed by atoms with Crippen LogP contribution in [0.1, 0.15) is 49.8 Å². The van der Waals surface area contributed by atoms with E-state index in [0.717, 1.165) is 30.8 Å². The number of halogens is 4. The molecule has 38 heavy (non-hydrogen) atoms. The molecule has 0 spiro atoms. The van der Waals surface area contributed by atoms with Gasteiger partial charge in [0.1, 0.15) is 5.82 Å². The Kier molecular flexibility index (Phi) is 6.54. The van der Waals surface area contributed by atoms with Crippen LogP contribution in [0, 0.1) is 5.82 Å². The van der Waals surface area contributed by atoms with Gasteiger partial charge in [-0.25, -0.2) is 4.39 Å². The normalized spacial score (nSPS) is 18.6. The molecule has 0 amide bonds. The number of likely N-dealkylation sites (N-methyl/N-ethyl adjacent to an activating group) is 1. The van der Waals surface area contributed by atoms with Gasteiger partial charge in [0.15, 0.2) is 5.43 Å². The molecule has 1 aliphatic carbocycles. The first-order valence-corrected chi connectivity index (χ1v) is 12.9. The summed E-state index contributed by atoms with van der Waals surface area (Å²) in [7, 11) is 2.02. The minimum absolute atomic E-state index is 0.211. The van der Waals surface area contributed by atoms with Crippen LogP contribution in [-0.4, -0.2) is 42.7 Å². The molecular weight excluding hydrogens is 496 g/mol. The third-order valence-electron chi connectivity index (χ3n) is 8.13. The lowest BCUT2D eigenvalue weighted by atomic mass is 9.99. The summed E-state index contributed by atoms with van der Waals surface area (Å²) in [5.41, 5.74) is 7.83. The molecule has 1 aromatic heterocycles. The van der Waals surface area contributed by atoms with Gasteiger partial charge in [-0.3, -0.25) is 4.79 Å². The van der Waals surface area contributed by atoms with E-state index in [2.05, 4.69) is 4.90 Å². The number of piperazine rings is 1. The highest BCUT2D eigenvalue weighted by Crippen LogP contribution is 2.51. The van der Waals surface area contributed by atoms with Crippen molar-refractivity contribution in [3.63, 3.8) is 0 Å². The van der Waals surface area contributed by atoms with Crippen LogP contribution in [-0.2, 0) is 11.7 Å². The fraction of sp³-hybridized carbons (Fsp3) is 0.414. The van der Waals surface area contributed by atoms with Gasteiger partial charge in [-0.1, -0.05) is 19.1 Å². The van der Waals surface area contributed by atoms with Gasteiger partial charge in [0.05, 0.1) is 27.9 Å². The number of nitrogens with zero attached hydrogens (tertiary/aromatic N) is 3. The maximum absolute atomic E-state index is 15.5. The predicted molar refractivity (Wildman–Crippen MR) is 143 cm³/mol. The van der Waals surface area contributed by atoms with Crippen LogP contribution in [0.25, 0.3) is 16.6 Å². The third-order valence-corrected chi connectivity index (χ3v) is 8.13. The van der Waals surface area contributed by atoms with Gasteiger partial charge >= 0.3 is 6.18 Å². The second-order valence-corrected chi connectivity index (χ2v) is 10.5. The van der Waals surface area contributed by atoms with Crippen molar-refractivity contribution < 1.29 is 17.6 Å². The Hall–Kier alpha value is -3.33. The van der Waals surface area contributed by atoms with Gasteiger partial charge in [-0.2, -0.15) is 13.2 Å². The van der Waals surface area contributed by atoms with Crippen LogP contribution in [0.2, 0.25) is 0 Å². The van der Waals surface area contributed by atoms with Crippen LogP contribution in [0.15, 0.2) is 53.0 Å². The molecule has 0 unspecified atom stereocenters. The number of hydrogen-bond donors (Lipinski definition) is 1. The molecule has 1 saturated carbocycles. The van der Waals surface area contributed by atoms with Crippen LogP contribution < -0.4 is 16.1 Å². The van der Waals surface area contributed by atoms with Gasteiger partial charge in [-0.15, -0.1) is 0 Å². The molecule has 2 aliphatic rings. The molecule has 5 rings (SSSR count). The third kappa shape index (κ3) is 4.46. The van der Waals surface area contributed by atoms with E-state index in [1.807, 2.05) is 30.4 Å². The van der Waals surface area contributed by atoms with Crippen molar-refractivity contribution in [1.29, 1.82) is 0 Å². The van der Waals surface area contributed by atoms with Crippen molar-refractivity contribution in [2.45, 2.75) is 44.8 Å². The molecule has 5 nitrogen and oxygen atoms in total. The average Bonchev–Trinajstić information content (AvgIpc) is 3.70. The Morgan fingerprint density at radius 1 is 1.05 bits per heavy atom. The van der Waals surface area contributed by atoms with E-state index in [4.69, 9.17) is 5.73 Å². The maximum atomic E-state index is 15.5. The molecule has 2 N–H and O–H groups in total. The van der Waals surface area contributed by atoms with Gasteiger partial charge in [0.25, 0.3) is 0 Å². The summed E-state index contributed by atoms with van der Waals surface area (Å²) >= 11 is 0. The Balaban J connectivity index is 1.74. The van der Waals surface area contributed by atoms with Gasteiger partial charge < -0.3 is 20.1 Å². The van der Waals surface area contributed by atoms with Crippen molar-refractivity contribution in [2.24, 2.45) is 5.73 Å². The molecule has 1 saturated heterocycles. The van der Waals surface area contributed by atoms with Crippen LogP contribution in [0.5, 0.6) is 0 Å². The van der Waals surface area contributed by atoms with Gasteiger partial charge in [0, 0.05) is 43.5 Å². The predicted octanol–water partition coefficient (Wildman–Crippen LogP) is 5.55. The fourth-order valence-electron chi connectivity index (χ4n) is 5.35. The molecule has 2 fully saturated rings. The molecule has 3 aromatic rings. The fourth-order valence-corrected chi connectivity index (χ4v) is 5.35. The topological polar surface area (TPSA) is 54.5 Å².